The number of fused-ring (bicyclic) bond motifs is 1. The smallest absolute Gasteiger partial charge is 0.440 e. The van der Waals surface area contributed by atoms with Crippen LogP contribution in [-0.4, -0.2) is 52.3 Å². The number of hydrogen-bond donors (Lipinski definition) is 2. The predicted octanol–water partition coefficient (Wildman–Crippen LogP) is 6.08. The van der Waals surface area contributed by atoms with E-state index in [2.05, 4.69) is 19.4 Å². The molecule has 0 fully saturated rings. The van der Waals surface area contributed by atoms with Crippen molar-refractivity contribution >= 4 is 9.84 Å². The molecule has 252 valence electrons. The molecule has 2 N–H and O–H groups in total. The first-order chi connectivity index (χ1) is 22.5. The van der Waals surface area contributed by atoms with Gasteiger partial charge in [-0.05, 0) is 54.4 Å². The molecule has 3 heterocycles. The number of alkyl halides is 5. The van der Waals surface area contributed by atoms with E-state index in [0.717, 1.165) is 35.1 Å². The summed E-state index contributed by atoms with van der Waals surface area (Å²) in [5.74, 6) is -2.01. The molecule has 48 heavy (non-hydrogen) atoms. The fraction of sp³-hybridized carbons (Fsp3) is 0.226. The van der Waals surface area contributed by atoms with Gasteiger partial charge in [0.2, 0.25) is 0 Å². The summed E-state index contributed by atoms with van der Waals surface area (Å²) >= 11 is 0. The SMILES string of the molecule is Cc1nc(C(F)(F)F)cn1-c1c(-c2nc(CCO)oc2-c2ccc3c(c2)OC(F)(F)O3)cc(-c2ccc(CO)c(F)c2)cc1S(C)(=O)=O. The molecule has 0 saturated carbocycles. The molecule has 2 aromatic heterocycles. The summed E-state index contributed by atoms with van der Waals surface area (Å²) in [6.45, 7) is 0.144. The average Bonchev–Trinajstić information content (AvgIpc) is 3.69. The van der Waals surface area contributed by atoms with Crippen LogP contribution in [-0.2, 0) is 29.0 Å². The molecule has 0 bridgehead atoms. The molecule has 10 nitrogen and oxygen atoms in total. The molecule has 0 unspecified atom stereocenters. The number of aryl methyl sites for hydroxylation is 1. The molecule has 0 amide bonds. The van der Waals surface area contributed by atoms with Gasteiger partial charge in [-0.25, -0.2) is 22.8 Å². The van der Waals surface area contributed by atoms with Crippen LogP contribution in [0.15, 0.2) is 64.0 Å². The fourth-order valence-electron chi connectivity index (χ4n) is 5.21. The van der Waals surface area contributed by atoms with E-state index in [-0.39, 0.29) is 74.6 Å². The molecule has 1 aliphatic heterocycles. The summed E-state index contributed by atoms with van der Waals surface area (Å²) in [5, 5.41) is 19.1. The molecule has 5 aromatic rings. The molecule has 0 saturated heterocycles. The van der Waals surface area contributed by atoms with E-state index in [4.69, 9.17) is 4.42 Å². The minimum atomic E-state index is -4.91. The molecule has 0 spiro atoms. The van der Waals surface area contributed by atoms with Gasteiger partial charge in [-0.3, -0.25) is 0 Å². The Balaban J connectivity index is 1.70. The first-order valence-electron chi connectivity index (χ1n) is 13.9. The number of nitrogens with zero attached hydrogens (tertiary/aromatic N) is 3. The van der Waals surface area contributed by atoms with Crippen molar-refractivity contribution in [1.82, 2.24) is 14.5 Å². The highest BCUT2D eigenvalue weighted by Gasteiger charge is 2.44. The van der Waals surface area contributed by atoms with E-state index in [9.17, 15) is 45.0 Å². The van der Waals surface area contributed by atoms with Gasteiger partial charge in [-0.15, -0.1) is 8.78 Å². The standard InChI is InChI=1S/C31H23F6N3O7S/c1-15-38-25(30(33,34)35)13-40(15)28-20(9-19(12-24(28)48(2,43)44)16-3-4-18(14-42)21(32)10-16)27-29(45-26(39-27)7-8-41)17-5-6-22-23(11-17)47-31(36,37)46-22/h3-6,9-13,41-42H,7-8,14H2,1-2H3. The fourth-order valence-corrected chi connectivity index (χ4v) is 6.11. The number of oxazole rings is 1. The van der Waals surface area contributed by atoms with Crippen molar-refractivity contribution in [3.05, 3.63) is 83.5 Å². The largest absolute Gasteiger partial charge is 0.586 e. The summed E-state index contributed by atoms with van der Waals surface area (Å²) in [6, 6.07) is 9.81. The van der Waals surface area contributed by atoms with Crippen molar-refractivity contribution in [1.29, 1.82) is 0 Å². The minimum absolute atomic E-state index is 0.0477. The maximum atomic E-state index is 14.8. The van der Waals surface area contributed by atoms with Crippen molar-refractivity contribution in [2.75, 3.05) is 12.9 Å². The van der Waals surface area contributed by atoms with Gasteiger partial charge in [0.1, 0.15) is 17.3 Å². The van der Waals surface area contributed by atoms with Crippen LogP contribution in [0.4, 0.5) is 26.3 Å². The number of ether oxygens (including phenoxy) is 2. The van der Waals surface area contributed by atoms with Gasteiger partial charge in [-0.2, -0.15) is 13.2 Å². The zero-order valence-electron chi connectivity index (χ0n) is 24.8. The monoisotopic (exact) mass is 695 g/mol. The van der Waals surface area contributed by atoms with E-state index in [0.29, 0.717) is 6.20 Å². The summed E-state index contributed by atoms with van der Waals surface area (Å²) in [6.07, 6.45) is -7.61. The molecule has 0 radical (unpaired) electrons. The number of aromatic nitrogens is 3. The quantitative estimate of drug-likeness (QED) is 0.185. The molecule has 1 aliphatic rings. The van der Waals surface area contributed by atoms with Crippen LogP contribution in [0.25, 0.3) is 39.4 Å². The summed E-state index contributed by atoms with van der Waals surface area (Å²) in [4.78, 5) is 7.52. The van der Waals surface area contributed by atoms with Gasteiger partial charge in [0.05, 0.1) is 23.8 Å². The van der Waals surface area contributed by atoms with Gasteiger partial charge < -0.3 is 28.7 Å². The van der Waals surface area contributed by atoms with E-state index in [1.807, 2.05) is 0 Å². The number of hydrogen-bond acceptors (Lipinski definition) is 9. The number of aliphatic hydroxyl groups is 2. The van der Waals surface area contributed by atoms with Crippen LogP contribution in [0.2, 0.25) is 0 Å². The minimum Gasteiger partial charge on any atom is -0.440 e. The van der Waals surface area contributed by atoms with Crippen molar-refractivity contribution in [2.24, 2.45) is 0 Å². The Hall–Kier alpha value is -4.87. The van der Waals surface area contributed by atoms with Crippen LogP contribution in [0, 0.1) is 12.7 Å². The van der Waals surface area contributed by atoms with E-state index in [1.54, 1.807) is 0 Å². The number of aliphatic hydroxyl groups excluding tert-OH is 2. The van der Waals surface area contributed by atoms with Crippen LogP contribution in [0.3, 0.4) is 0 Å². The number of imidazole rings is 1. The highest BCUT2D eigenvalue weighted by atomic mass is 32.2. The number of rotatable bonds is 8. The van der Waals surface area contributed by atoms with E-state index in [1.165, 1.54) is 31.2 Å². The van der Waals surface area contributed by atoms with Gasteiger partial charge in [0.25, 0.3) is 0 Å². The molecular weight excluding hydrogens is 672 g/mol. The van der Waals surface area contributed by atoms with E-state index < -0.39 is 51.9 Å². The summed E-state index contributed by atoms with van der Waals surface area (Å²) < 4.78 is 127. The third-order valence-corrected chi connectivity index (χ3v) is 8.47. The normalized spacial score (nSPS) is 14.1. The van der Waals surface area contributed by atoms with Crippen LogP contribution in [0.1, 0.15) is 23.0 Å². The zero-order valence-corrected chi connectivity index (χ0v) is 25.6. The maximum Gasteiger partial charge on any atom is 0.586 e. The molecule has 0 atom stereocenters. The van der Waals surface area contributed by atoms with Crippen LogP contribution >= 0.6 is 0 Å². The lowest BCUT2D eigenvalue weighted by atomic mass is 9.97. The Morgan fingerprint density at radius 1 is 0.938 bits per heavy atom. The Morgan fingerprint density at radius 3 is 2.27 bits per heavy atom. The first-order valence-corrected chi connectivity index (χ1v) is 15.8. The van der Waals surface area contributed by atoms with Crippen molar-refractivity contribution in [3.8, 4) is 50.9 Å². The Kier molecular flexibility index (Phi) is 8.04. The van der Waals surface area contributed by atoms with Crippen LogP contribution < -0.4 is 9.47 Å². The maximum absolute atomic E-state index is 14.8. The molecule has 3 aromatic carbocycles. The lowest BCUT2D eigenvalue weighted by Crippen LogP contribution is -2.25. The molecular formula is C31H23F6N3O7S. The molecule has 6 rings (SSSR count). The summed E-state index contributed by atoms with van der Waals surface area (Å²) in [7, 11) is -4.29. The second-order valence-electron chi connectivity index (χ2n) is 10.7. The van der Waals surface area contributed by atoms with Crippen molar-refractivity contribution in [2.45, 2.75) is 37.3 Å². The highest BCUT2D eigenvalue weighted by molar-refractivity contribution is 7.90. The Labute approximate surface area is 267 Å². The van der Waals surface area contributed by atoms with Gasteiger partial charge >= 0.3 is 12.5 Å². The lowest BCUT2D eigenvalue weighted by Gasteiger charge is -2.18. The first kappa shape index (κ1) is 33.0. The predicted molar refractivity (Wildman–Crippen MR) is 156 cm³/mol. The van der Waals surface area contributed by atoms with Gasteiger partial charge in [-0.1, -0.05) is 12.1 Å². The second kappa shape index (κ2) is 11.7. The molecule has 17 heteroatoms. The van der Waals surface area contributed by atoms with Crippen molar-refractivity contribution in [3.63, 3.8) is 0 Å². The third kappa shape index (κ3) is 6.11. The highest BCUT2D eigenvalue weighted by Crippen LogP contribution is 2.46. The number of benzene rings is 3. The topological polar surface area (TPSA) is 137 Å². The second-order valence-corrected chi connectivity index (χ2v) is 12.7. The van der Waals surface area contributed by atoms with E-state index >= 15 is 0 Å². The Morgan fingerprint density at radius 2 is 1.65 bits per heavy atom. The third-order valence-electron chi connectivity index (χ3n) is 7.36. The van der Waals surface area contributed by atoms with Gasteiger partial charge in [0.15, 0.2) is 38.7 Å². The lowest BCUT2D eigenvalue weighted by molar-refractivity contribution is -0.286. The van der Waals surface area contributed by atoms with Crippen molar-refractivity contribution < 1.29 is 58.9 Å². The zero-order chi connectivity index (χ0) is 34.8. The summed E-state index contributed by atoms with van der Waals surface area (Å²) in [5.41, 5.74) is -1.73. The number of halogens is 6. The molecule has 0 aliphatic carbocycles. The van der Waals surface area contributed by atoms with Crippen LogP contribution in [0.5, 0.6) is 11.5 Å². The van der Waals surface area contributed by atoms with Gasteiger partial charge in [0, 0.05) is 35.6 Å². The number of sulfone groups is 1. The Bertz CT molecular complexity index is 2180. The average molecular weight is 696 g/mol.